The van der Waals surface area contributed by atoms with E-state index >= 15 is 0 Å². The molecule has 0 fully saturated rings. The number of benzene rings is 1. The molecule has 0 aliphatic rings. The molecule has 1 aromatic carbocycles. The smallest absolute Gasteiger partial charge is 0.249 e. The number of hydrogen-bond donors (Lipinski definition) is 1. The molecule has 100 valence electrons. The predicted octanol–water partition coefficient (Wildman–Crippen LogP) is 2.01. The molecule has 1 amide bonds. The second kappa shape index (κ2) is 5.62. The average Bonchev–Trinajstić information content (AvgIpc) is 2.71. The number of halogens is 1. The highest BCUT2D eigenvalue weighted by molar-refractivity contribution is 5.77. The number of carbonyl (C=O) groups is 1. The number of rotatable bonds is 4. The number of hydroxylamine groups is 1. The third-order valence-corrected chi connectivity index (χ3v) is 2.54. The molecule has 0 aliphatic carbocycles. The fourth-order valence-electron chi connectivity index (χ4n) is 1.64. The van der Waals surface area contributed by atoms with Crippen LogP contribution in [0, 0.1) is 12.7 Å². The van der Waals surface area contributed by atoms with Gasteiger partial charge in [0.05, 0.1) is 24.8 Å². The summed E-state index contributed by atoms with van der Waals surface area (Å²) < 4.78 is 19.0. The van der Waals surface area contributed by atoms with Crippen molar-refractivity contribution in [3.63, 3.8) is 0 Å². The Hall–Kier alpha value is -2.21. The lowest BCUT2D eigenvalue weighted by atomic mass is 10.2. The van der Waals surface area contributed by atoms with Gasteiger partial charge in [0.15, 0.2) is 0 Å². The van der Waals surface area contributed by atoms with Gasteiger partial charge in [0.25, 0.3) is 0 Å². The molecule has 0 aliphatic heterocycles. The van der Waals surface area contributed by atoms with Crippen LogP contribution in [0.4, 0.5) is 4.39 Å². The summed E-state index contributed by atoms with van der Waals surface area (Å²) >= 11 is 0. The maximum atomic E-state index is 13.6. The lowest BCUT2D eigenvalue weighted by Crippen LogP contribution is -2.24. The monoisotopic (exact) mass is 264 g/mol. The van der Waals surface area contributed by atoms with E-state index in [9.17, 15) is 9.18 Å². The van der Waals surface area contributed by atoms with Crippen molar-refractivity contribution in [2.24, 2.45) is 0 Å². The van der Waals surface area contributed by atoms with E-state index in [0.717, 1.165) is 0 Å². The maximum absolute atomic E-state index is 13.6. The molecular weight excluding hydrogens is 251 g/mol. The van der Waals surface area contributed by atoms with Crippen LogP contribution in [0.25, 0.3) is 11.5 Å². The first kappa shape index (κ1) is 13.2. The van der Waals surface area contributed by atoms with Gasteiger partial charge in [-0.25, -0.2) is 14.9 Å². The van der Waals surface area contributed by atoms with E-state index < -0.39 is 5.82 Å². The normalized spacial score (nSPS) is 10.5. The molecule has 2 rings (SSSR count). The summed E-state index contributed by atoms with van der Waals surface area (Å²) in [6.07, 6.45) is 0.0115. The van der Waals surface area contributed by atoms with Gasteiger partial charge < -0.3 is 4.42 Å². The number of nitrogens with zero attached hydrogens (tertiary/aromatic N) is 1. The average molecular weight is 264 g/mol. The summed E-state index contributed by atoms with van der Waals surface area (Å²) in [5, 5.41) is 0. The Morgan fingerprint density at radius 2 is 2.21 bits per heavy atom. The van der Waals surface area contributed by atoms with Crippen molar-refractivity contribution < 1.29 is 18.4 Å². The molecule has 0 atom stereocenters. The molecule has 5 nitrogen and oxygen atoms in total. The van der Waals surface area contributed by atoms with Gasteiger partial charge in [0.2, 0.25) is 11.8 Å². The minimum absolute atomic E-state index is 0.0115. The molecule has 1 N–H and O–H groups in total. The Morgan fingerprint density at radius 1 is 1.47 bits per heavy atom. The third-order valence-electron chi connectivity index (χ3n) is 2.54. The van der Waals surface area contributed by atoms with Crippen molar-refractivity contribution in [3.8, 4) is 11.5 Å². The third kappa shape index (κ3) is 2.97. The molecule has 1 aromatic heterocycles. The van der Waals surface area contributed by atoms with E-state index in [2.05, 4.69) is 15.3 Å². The molecule has 0 saturated heterocycles. The molecule has 1 heterocycles. The zero-order chi connectivity index (χ0) is 13.8. The van der Waals surface area contributed by atoms with Crippen LogP contribution in [0.2, 0.25) is 0 Å². The van der Waals surface area contributed by atoms with Crippen LogP contribution in [0.15, 0.2) is 28.7 Å². The van der Waals surface area contributed by atoms with Crippen LogP contribution < -0.4 is 5.48 Å². The summed E-state index contributed by atoms with van der Waals surface area (Å²) in [4.78, 5) is 20.0. The molecule has 19 heavy (non-hydrogen) atoms. The predicted molar refractivity (Wildman–Crippen MR) is 65.5 cm³/mol. The van der Waals surface area contributed by atoms with Crippen molar-refractivity contribution in [1.82, 2.24) is 10.5 Å². The number of oxazole rings is 1. The van der Waals surface area contributed by atoms with Crippen LogP contribution in [0.1, 0.15) is 11.5 Å². The summed E-state index contributed by atoms with van der Waals surface area (Å²) in [7, 11) is 1.35. The highest BCUT2D eigenvalue weighted by Crippen LogP contribution is 2.24. The highest BCUT2D eigenvalue weighted by Gasteiger charge is 2.16. The van der Waals surface area contributed by atoms with E-state index in [1.807, 2.05) is 0 Å². The van der Waals surface area contributed by atoms with Crippen molar-refractivity contribution >= 4 is 5.91 Å². The second-order valence-corrected chi connectivity index (χ2v) is 3.91. The number of amides is 1. The fraction of sp³-hybridized carbons (Fsp3) is 0.231. The minimum atomic E-state index is -0.420. The number of nitrogens with one attached hydrogen (secondary N) is 1. The quantitative estimate of drug-likeness (QED) is 0.858. The van der Waals surface area contributed by atoms with Gasteiger partial charge in [0.1, 0.15) is 11.6 Å². The van der Waals surface area contributed by atoms with Crippen molar-refractivity contribution in [3.05, 3.63) is 41.5 Å². The van der Waals surface area contributed by atoms with Gasteiger partial charge in [0, 0.05) is 0 Å². The summed E-state index contributed by atoms with van der Waals surface area (Å²) in [6, 6.07) is 6.17. The minimum Gasteiger partial charge on any atom is -0.441 e. The lowest BCUT2D eigenvalue weighted by molar-refractivity contribution is -0.130. The Bertz CT molecular complexity index is 595. The summed E-state index contributed by atoms with van der Waals surface area (Å²) in [6.45, 7) is 1.67. The molecule has 2 aromatic rings. The first-order valence-electron chi connectivity index (χ1n) is 5.65. The van der Waals surface area contributed by atoms with Crippen molar-refractivity contribution in [1.29, 1.82) is 0 Å². The maximum Gasteiger partial charge on any atom is 0.249 e. The van der Waals surface area contributed by atoms with Crippen LogP contribution in [-0.2, 0) is 16.1 Å². The van der Waals surface area contributed by atoms with Crippen LogP contribution in [0.5, 0.6) is 0 Å². The molecule has 0 radical (unpaired) electrons. The van der Waals surface area contributed by atoms with Crippen molar-refractivity contribution in [2.75, 3.05) is 7.11 Å². The standard InChI is InChI=1S/C13H13FN2O3/c1-8-11(7-12(17)16-18-2)15-13(19-8)9-5-3-4-6-10(9)14/h3-6H,7H2,1-2H3,(H,16,17). The Labute approximate surface area is 109 Å². The number of hydrogen-bond acceptors (Lipinski definition) is 4. The molecular formula is C13H13FN2O3. The van der Waals surface area contributed by atoms with Crippen molar-refractivity contribution in [2.45, 2.75) is 13.3 Å². The van der Waals surface area contributed by atoms with Gasteiger partial charge in [-0.3, -0.25) is 9.63 Å². The molecule has 0 spiro atoms. The van der Waals surface area contributed by atoms with E-state index in [1.54, 1.807) is 25.1 Å². The van der Waals surface area contributed by atoms with Crippen LogP contribution in [-0.4, -0.2) is 18.0 Å². The summed E-state index contributed by atoms with van der Waals surface area (Å²) in [5.41, 5.74) is 2.91. The van der Waals surface area contributed by atoms with Gasteiger partial charge in [-0.2, -0.15) is 0 Å². The van der Waals surface area contributed by atoms with Crippen LogP contribution >= 0.6 is 0 Å². The lowest BCUT2D eigenvalue weighted by Gasteiger charge is -1.98. The highest BCUT2D eigenvalue weighted by atomic mass is 19.1. The molecule has 0 bridgehead atoms. The van der Waals surface area contributed by atoms with Gasteiger partial charge in [-0.15, -0.1) is 0 Å². The molecule has 6 heteroatoms. The van der Waals surface area contributed by atoms with E-state index in [0.29, 0.717) is 11.5 Å². The zero-order valence-corrected chi connectivity index (χ0v) is 10.6. The first-order valence-corrected chi connectivity index (χ1v) is 5.65. The number of aryl methyl sites for hydroxylation is 1. The number of aromatic nitrogens is 1. The SMILES string of the molecule is CONC(=O)Cc1nc(-c2ccccc2F)oc1C. The fourth-order valence-corrected chi connectivity index (χ4v) is 1.64. The first-order chi connectivity index (χ1) is 9.11. The van der Waals surface area contributed by atoms with E-state index in [4.69, 9.17) is 4.42 Å². The Balaban J connectivity index is 2.26. The molecule has 0 unspecified atom stereocenters. The number of carbonyl (C=O) groups excluding carboxylic acids is 1. The van der Waals surface area contributed by atoms with Gasteiger partial charge in [-0.05, 0) is 19.1 Å². The van der Waals surface area contributed by atoms with Gasteiger partial charge >= 0.3 is 0 Å². The topological polar surface area (TPSA) is 64.4 Å². The molecule has 0 saturated carbocycles. The second-order valence-electron chi connectivity index (χ2n) is 3.91. The zero-order valence-electron chi connectivity index (χ0n) is 10.6. The van der Waals surface area contributed by atoms with Gasteiger partial charge in [-0.1, -0.05) is 12.1 Å². The van der Waals surface area contributed by atoms with E-state index in [1.165, 1.54) is 13.2 Å². The Morgan fingerprint density at radius 3 is 2.89 bits per heavy atom. The largest absolute Gasteiger partial charge is 0.441 e. The van der Waals surface area contributed by atoms with E-state index in [-0.39, 0.29) is 23.8 Å². The van der Waals surface area contributed by atoms with Crippen LogP contribution in [0.3, 0.4) is 0 Å². The Kier molecular flexibility index (Phi) is 3.91. The summed E-state index contributed by atoms with van der Waals surface area (Å²) in [5.74, 6) is -0.129.